The summed E-state index contributed by atoms with van der Waals surface area (Å²) in [6.45, 7) is 5.55. The predicted octanol–water partition coefficient (Wildman–Crippen LogP) is 2.84. The van der Waals surface area contributed by atoms with E-state index in [-0.39, 0.29) is 6.10 Å². The zero-order chi connectivity index (χ0) is 8.10. The second-order valence-electron chi connectivity index (χ2n) is 2.40. The molecule has 0 aliphatic heterocycles. The van der Waals surface area contributed by atoms with Gasteiger partial charge in [-0.15, -0.1) is 11.3 Å². The van der Waals surface area contributed by atoms with Crippen molar-refractivity contribution in [2.75, 3.05) is 0 Å². The van der Waals surface area contributed by atoms with Crippen LogP contribution < -0.4 is 0 Å². The third kappa shape index (κ3) is 2.76. The molecule has 11 heavy (non-hydrogen) atoms. The Labute approximate surface area is 71.3 Å². The molecule has 0 N–H and O–H groups in total. The van der Waals surface area contributed by atoms with Crippen LogP contribution in [0.15, 0.2) is 30.4 Å². The lowest BCUT2D eigenvalue weighted by atomic mass is 10.2. The molecule has 1 atom stereocenters. The lowest BCUT2D eigenvalue weighted by Crippen LogP contribution is -2.06. The van der Waals surface area contributed by atoms with Gasteiger partial charge < -0.3 is 4.74 Å². The van der Waals surface area contributed by atoms with E-state index in [0.717, 1.165) is 6.42 Å². The van der Waals surface area contributed by atoms with Crippen molar-refractivity contribution >= 4 is 11.3 Å². The van der Waals surface area contributed by atoms with E-state index in [9.17, 15) is 0 Å². The molecule has 1 rings (SSSR count). The molecular formula is C9H12OS. The molecule has 0 aliphatic rings. The van der Waals surface area contributed by atoms with Crippen molar-refractivity contribution in [1.82, 2.24) is 0 Å². The number of hydrogen-bond acceptors (Lipinski definition) is 2. The minimum Gasteiger partial charge on any atom is -0.499 e. The van der Waals surface area contributed by atoms with Crippen LogP contribution in [0.3, 0.4) is 0 Å². The minimum absolute atomic E-state index is 0.242. The van der Waals surface area contributed by atoms with Crippen molar-refractivity contribution in [2.24, 2.45) is 0 Å². The van der Waals surface area contributed by atoms with Crippen LogP contribution in [-0.2, 0) is 11.2 Å². The van der Waals surface area contributed by atoms with Crippen molar-refractivity contribution in [3.63, 3.8) is 0 Å². The summed E-state index contributed by atoms with van der Waals surface area (Å²) < 4.78 is 5.19. The second kappa shape index (κ2) is 4.19. The van der Waals surface area contributed by atoms with Gasteiger partial charge in [-0.1, -0.05) is 12.6 Å². The van der Waals surface area contributed by atoms with Gasteiger partial charge in [0.2, 0.25) is 0 Å². The molecule has 1 aromatic rings. The Hall–Kier alpha value is -0.760. The van der Waals surface area contributed by atoms with E-state index < -0.39 is 0 Å². The fourth-order valence-electron chi connectivity index (χ4n) is 0.924. The highest BCUT2D eigenvalue weighted by Crippen LogP contribution is 2.12. The van der Waals surface area contributed by atoms with Gasteiger partial charge in [0.05, 0.1) is 12.4 Å². The average molecular weight is 168 g/mol. The Morgan fingerprint density at radius 3 is 3.18 bits per heavy atom. The van der Waals surface area contributed by atoms with Crippen LogP contribution in [0.2, 0.25) is 0 Å². The first-order valence-electron chi connectivity index (χ1n) is 3.61. The smallest absolute Gasteiger partial charge is 0.0998 e. The molecule has 0 aliphatic carbocycles. The van der Waals surface area contributed by atoms with Gasteiger partial charge in [0, 0.05) is 11.3 Å². The first-order valence-corrected chi connectivity index (χ1v) is 4.49. The summed E-state index contributed by atoms with van der Waals surface area (Å²) in [5.41, 5.74) is 0. The molecule has 0 bridgehead atoms. The largest absolute Gasteiger partial charge is 0.499 e. The molecule has 1 heterocycles. The maximum absolute atomic E-state index is 5.19. The zero-order valence-corrected chi connectivity index (χ0v) is 7.43. The lowest BCUT2D eigenvalue weighted by molar-refractivity contribution is 0.164. The van der Waals surface area contributed by atoms with Crippen LogP contribution in [-0.4, -0.2) is 6.10 Å². The van der Waals surface area contributed by atoms with E-state index in [1.165, 1.54) is 11.1 Å². The number of rotatable bonds is 4. The molecular weight excluding hydrogens is 156 g/mol. The molecule has 0 fully saturated rings. The Kier molecular flexibility index (Phi) is 3.17. The number of ether oxygens (including phenoxy) is 1. The molecule has 0 saturated carbocycles. The van der Waals surface area contributed by atoms with Gasteiger partial charge in [-0.05, 0) is 18.4 Å². The summed E-state index contributed by atoms with van der Waals surface area (Å²) >= 11 is 1.76. The first-order chi connectivity index (χ1) is 5.33. The Balaban J connectivity index is 2.37. The molecule has 0 aromatic carbocycles. The second-order valence-corrected chi connectivity index (χ2v) is 3.43. The van der Waals surface area contributed by atoms with Crippen molar-refractivity contribution in [3.8, 4) is 0 Å². The summed E-state index contributed by atoms with van der Waals surface area (Å²) in [6.07, 6.45) is 2.72. The highest BCUT2D eigenvalue weighted by molar-refractivity contribution is 7.09. The summed E-state index contributed by atoms with van der Waals surface area (Å²) in [5.74, 6) is 0. The highest BCUT2D eigenvalue weighted by Gasteiger charge is 2.01. The van der Waals surface area contributed by atoms with Gasteiger partial charge >= 0.3 is 0 Å². The van der Waals surface area contributed by atoms with E-state index in [0.29, 0.717) is 0 Å². The Bertz CT molecular complexity index is 203. The van der Waals surface area contributed by atoms with Crippen LogP contribution >= 0.6 is 11.3 Å². The van der Waals surface area contributed by atoms with Crippen LogP contribution in [0.4, 0.5) is 0 Å². The molecule has 1 aromatic heterocycles. The number of thiophene rings is 1. The van der Waals surface area contributed by atoms with Gasteiger partial charge in [0.1, 0.15) is 0 Å². The SMILES string of the molecule is C=COC(C)Cc1cccs1. The van der Waals surface area contributed by atoms with E-state index in [1.807, 2.05) is 6.92 Å². The topological polar surface area (TPSA) is 9.23 Å². The summed E-state index contributed by atoms with van der Waals surface area (Å²) in [7, 11) is 0. The van der Waals surface area contributed by atoms with E-state index in [1.54, 1.807) is 11.3 Å². The maximum Gasteiger partial charge on any atom is 0.0998 e. The van der Waals surface area contributed by atoms with Gasteiger partial charge in [0.25, 0.3) is 0 Å². The molecule has 60 valence electrons. The zero-order valence-electron chi connectivity index (χ0n) is 6.62. The summed E-state index contributed by atoms with van der Waals surface area (Å²) in [5, 5.41) is 2.08. The molecule has 0 spiro atoms. The fourth-order valence-corrected chi connectivity index (χ4v) is 1.74. The Morgan fingerprint density at radius 2 is 2.64 bits per heavy atom. The van der Waals surface area contributed by atoms with E-state index in [2.05, 4.69) is 24.1 Å². The van der Waals surface area contributed by atoms with Crippen molar-refractivity contribution in [3.05, 3.63) is 35.2 Å². The third-order valence-electron chi connectivity index (χ3n) is 1.40. The van der Waals surface area contributed by atoms with Crippen LogP contribution in [0, 0.1) is 0 Å². The quantitative estimate of drug-likeness (QED) is 0.628. The Morgan fingerprint density at radius 1 is 1.82 bits per heavy atom. The maximum atomic E-state index is 5.19. The third-order valence-corrected chi connectivity index (χ3v) is 2.30. The predicted molar refractivity (Wildman–Crippen MR) is 48.8 cm³/mol. The normalized spacial score (nSPS) is 12.5. The van der Waals surface area contributed by atoms with Gasteiger partial charge in [0.15, 0.2) is 0 Å². The van der Waals surface area contributed by atoms with E-state index >= 15 is 0 Å². The first kappa shape index (κ1) is 8.34. The molecule has 1 unspecified atom stereocenters. The van der Waals surface area contributed by atoms with Gasteiger partial charge in [-0.25, -0.2) is 0 Å². The molecule has 0 saturated heterocycles. The lowest BCUT2D eigenvalue weighted by Gasteiger charge is -2.08. The summed E-state index contributed by atoms with van der Waals surface area (Å²) in [4.78, 5) is 1.36. The van der Waals surface area contributed by atoms with Crippen molar-refractivity contribution in [1.29, 1.82) is 0 Å². The fraction of sp³-hybridized carbons (Fsp3) is 0.333. The van der Waals surface area contributed by atoms with E-state index in [4.69, 9.17) is 4.74 Å². The van der Waals surface area contributed by atoms with Gasteiger partial charge in [-0.2, -0.15) is 0 Å². The molecule has 0 radical (unpaired) electrons. The number of hydrogen-bond donors (Lipinski definition) is 0. The highest BCUT2D eigenvalue weighted by atomic mass is 32.1. The van der Waals surface area contributed by atoms with Crippen LogP contribution in [0.5, 0.6) is 0 Å². The molecule has 2 heteroatoms. The molecule has 1 nitrogen and oxygen atoms in total. The van der Waals surface area contributed by atoms with Crippen molar-refractivity contribution in [2.45, 2.75) is 19.4 Å². The summed E-state index contributed by atoms with van der Waals surface area (Å²) in [6, 6.07) is 4.17. The van der Waals surface area contributed by atoms with Crippen LogP contribution in [0.1, 0.15) is 11.8 Å². The van der Waals surface area contributed by atoms with Gasteiger partial charge in [-0.3, -0.25) is 0 Å². The monoisotopic (exact) mass is 168 g/mol. The minimum atomic E-state index is 0.242. The standard InChI is InChI=1S/C9H12OS/c1-3-10-8(2)7-9-5-4-6-11-9/h3-6,8H,1,7H2,2H3. The molecule has 0 amide bonds. The average Bonchev–Trinajstić information content (AvgIpc) is 2.40. The van der Waals surface area contributed by atoms with Crippen LogP contribution in [0.25, 0.3) is 0 Å². The van der Waals surface area contributed by atoms with Crippen molar-refractivity contribution < 1.29 is 4.74 Å².